The van der Waals surface area contributed by atoms with Crippen LogP contribution in [0.5, 0.6) is 0 Å². The third-order valence-electron chi connectivity index (χ3n) is 3.67. The second-order valence-corrected chi connectivity index (χ2v) is 8.02. The predicted molar refractivity (Wildman–Crippen MR) is 80.0 cm³/mol. The summed E-state index contributed by atoms with van der Waals surface area (Å²) < 4.78 is 26.3. The minimum Gasteiger partial charge on any atom is -0.388 e. The number of sulfonamides is 1. The number of aryl methyl sites for hydroxylation is 1. The highest BCUT2D eigenvalue weighted by molar-refractivity contribution is 7.89. The van der Waals surface area contributed by atoms with E-state index >= 15 is 0 Å². The first kappa shape index (κ1) is 15.5. The molecule has 112 valence electrons. The largest absolute Gasteiger partial charge is 0.388 e. The summed E-state index contributed by atoms with van der Waals surface area (Å²) in [6.07, 6.45) is 1.89. The van der Waals surface area contributed by atoms with Gasteiger partial charge in [0.15, 0.2) is 0 Å². The average molecular weight is 297 g/mol. The zero-order valence-electron chi connectivity index (χ0n) is 12.1. The lowest BCUT2D eigenvalue weighted by Gasteiger charge is -2.33. The van der Waals surface area contributed by atoms with Crippen molar-refractivity contribution in [2.45, 2.75) is 38.7 Å². The Morgan fingerprint density at radius 1 is 1.30 bits per heavy atom. The van der Waals surface area contributed by atoms with E-state index in [1.165, 1.54) is 5.56 Å². The minimum absolute atomic E-state index is 0.0780. The first-order chi connectivity index (χ1) is 9.30. The quantitative estimate of drug-likeness (QED) is 0.865. The minimum atomic E-state index is -3.31. The number of hydrogen-bond donors (Lipinski definition) is 2. The van der Waals surface area contributed by atoms with Crippen molar-refractivity contribution in [2.24, 2.45) is 5.92 Å². The molecule has 1 aliphatic rings. The Morgan fingerprint density at radius 2 is 1.95 bits per heavy atom. The molecule has 5 heteroatoms. The molecule has 0 amide bonds. The normalized spacial score (nSPS) is 22.8. The van der Waals surface area contributed by atoms with Gasteiger partial charge < -0.3 is 5.11 Å². The first-order valence-electron chi connectivity index (χ1n) is 7.06. The Morgan fingerprint density at radius 3 is 2.60 bits per heavy atom. The van der Waals surface area contributed by atoms with Crippen LogP contribution in [0.2, 0.25) is 0 Å². The van der Waals surface area contributed by atoms with Gasteiger partial charge in [-0.2, -0.15) is 0 Å². The van der Waals surface area contributed by atoms with Crippen molar-refractivity contribution in [3.8, 4) is 0 Å². The molecule has 0 spiro atoms. The maximum absolute atomic E-state index is 11.8. The molecule has 1 aromatic rings. The van der Waals surface area contributed by atoms with Crippen LogP contribution in [0.1, 0.15) is 31.4 Å². The van der Waals surface area contributed by atoms with E-state index in [0.717, 1.165) is 12.0 Å². The average Bonchev–Trinajstić information content (AvgIpc) is 2.35. The summed E-state index contributed by atoms with van der Waals surface area (Å²) in [7, 11) is -3.31. The molecule has 0 aliphatic heterocycles. The van der Waals surface area contributed by atoms with Crippen LogP contribution >= 0.6 is 0 Å². The van der Waals surface area contributed by atoms with Gasteiger partial charge in [0.05, 0.1) is 11.4 Å². The number of rotatable bonds is 5. The van der Waals surface area contributed by atoms with Crippen LogP contribution in [0.25, 0.3) is 0 Å². The maximum atomic E-state index is 11.8. The fraction of sp³-hybridized carbons (Fsp3) is 0.600. The molecule has 0 radical (unpaired) electrons. The molecule has 1 atom stereocenters. The molecule has 0 saturated carbocycles. The van der Waals surface area contributed by atoms with E-state index in [4.69, 9.17) is 0 Å². The summed E-state index contributed by atoms with van der Waals surface area (Å²) in [5.74, 6) is 0.175. The van der Waals surface area contributed by atoms with Crippen LogP contribution in [0.15, 0.2) is 24.3 Å². The first-order valence-corrected chi connectivity index (χ1v) is 8.71. The fourth-order valence-electron chi connectivity index (χ4n) is 2.68. The van der Waals surface area contributed by atoms with Gasteiger partial charge in [-0.1, -0.05) is 38.1 Å². The monoisotopic (exact) mass is 297 g/mol. The van der Waals surface area contributed by atoms with Gasteiger partial charge in [0.1, 0.15) is 0 Å². The SMILES string of the molecule is CC(C)CS(=O)(=O)NCC1(O)CCc2ccccc2C1. The third-order valence-corrected chi connectivity index (χ3v) is 5.36. The molecule has 20 heavy (non-hydrogen) atoms. The lowest BCUT2D eigenvalue weighted by molar-refractivity contribution is 0.0317. The molecular weight excluding hydrogens is 274 g/mol. The van der Waals surface area contributed by atoms with E-state index in [0.29, 0.717) is 12.8 Å². The molecule has 0 saturated heterocycles. The summed E-state index contributed by atoms with van der Waals surface area (Å²) >= 11 is 0. The molecule has 1 unspecified atom stereocenters. The Hall–Kier alpha value is -0.910. The van der Waals surface area contributed by atoms with Crippen LogP contribution in [-0.2, 0) is 22.9 Å². The molecule has 2 N–H and O–H groups in total. The predicted octanol–water partition coefficient (Wildman–Crippen LogP) is 1.48. The van der Waals surface area contributed by atoms with Gasteiger partial charge >= 0.3 is 0 Å². The number of hydrogen-bond acceptors (Lipinski definition) is 3. The summed E-state index contributed by atoms with van der Waals surface area (Å²) in [5, 5.41) is 10.6. The van der Waals surface area contributed by atoms with E-state index in [1.807, 2.05) is 32.0 Å². The smallest absolute Gasteiger partial charge is 0.211 e. The highest BCUT2D eigenvalue weighted by atomic mass is 32.2. The van der Waals surface area contributed by atoms with Crippen molar-refractivity contribution in [1.82, 2.24) is 4.72 Å². The van der Waals surface area contributed by atoms with Crippen LogP contribution in [0.3, 0.4) is 0 Å². The van der Waals surface area contributed by atoms with Crippen molar-refractivity contribution >= 4 is 10.0 Å². The summed E-state index contributed by atoms with van der Waals surface area (Å²) in [6.45, 7) is 3.83. The van der Waals surface area contributed by atoms with Crippen LogP contribution in [0.4, 0.5) is 0 Å². The zero-order valence-corrected chi connectivity index (χ0v) is 12.9. The summed E-state index contributed by atoms with van der Waals surface area (Å²) in [6, 6.07) is 8.02. The van der Waals surface area contributed by atoms with Crippen LogP contribution in [-0.4, -0.2) is 31.4 Å². The number of benzene rings is 1. The highest BCUT2D eigenvalue weighted by Crippen LogP contribution is 2.28. The molecule has 1 aliphatic carbocycles. The molecule has 1 aromatic carbocycles. The number of aliphatic hydroxyl groups is 1. The van der Waals surface area contributed by atoms with E-state index in [2.05, 4.69) is 10.8 Å². The highest BCUT2D eigenvalue weighted by Gasteiger charge is 2.33. The van der Waals surface area contributed by atoms with Crippen molar-refractivity contribution < 1.29 is 13.5 Å². The lowest BCUT2D eigenvalue weighted by atomic mass is 9.80. The second kappa shape index (κ2) is 5.84. The van der Waals surface area contributed by atoms with Gasteiger partial charge in [0.2, 0.25) is 10.0 Å². The Balaban J connectivity index is 2.00. The molecule has 0 heterocycles. The van der Waals surface area contributed by atoms with Crippen LogP contribution < -0.4 is 4.72 Å². The fourth-order valence-corrected chi connectivity index (χ4v) is 4.16. The zero-order chi connectivity index (χ0) is 14.8. The van der Waals surface area contributed by atoms with E-state index in [9.17, 15) is 13.5 Å². The molecule has 0 fully saturated rings. The third kappa shape index (κ3) is 4.04. The van der Waals surface area contributed by atoms with Gasteiger partial charge in [0.25, 0.3) is 0 Å². The molecule has 2 rings (SSSR count). The molecule has 4 nitrogen and oxygen atoms in total. The molecule has 0 aromatic heterocycles. The van der Waals surface area contributed by atoms with Gasteiger partial charge in [-0.05, 0) is 29.9 Å². The number of fused-ring (bicyclic) bond motifs is 1. The maximum Gasteiger partial charge on any atom is 0.211 e. The Kier molecular flexibility index (Phi) is 4.52. The van der Waals surface area contributed by atoms with Gasteiger partial charge in [-0.25, -0.2) is 13.1 Å². The summed E-state index contributed by atoms with van der Waals surface area (Å²) in [5.41, 5.74) is 1.39. The Bertz CT molecular complexity index is 568. The van der Waals surface area contributed by atoms with Gasteiger partial charge in [-0.3, -0.25) is 0 Å². The van der Waals surface area contributed by atoms with E-state index in [1.54, 1.807) is 0 Å². The summed E-state index contributed by atoms with van der Waals surface area (Å²) in [4.78, 5) is 0. The van der Waals surface area contributed by atoms with Crippen LogP contribution in [0, 0.1) is 5.92 Å². The molecule has 0 bridgehead atoms. The number of nitrogens with one attached hydrogen (secondary N) is 1. The topological polar surface area (TPSA) is 66.4 Å². The molecular formula is C15H23NO3S. The van der Waals surface area contributed by atoms with Gasteiger partial charge in [0, 0.05) is 13.0 Å². The second-order valence-electron chi connectivity index (χ2n) is 6.17. The van der Waals surface area contributed by atoms with E-state index in [-0.39, 0.29) is 18.2 Å². The van der Waals surface area contributed by atoms with Gasteiger partial charge in [-0.15, -0.1) is 0 Å². The van der Waals surface area contributed by atoms with Crippen molar-refractivity contribution in [3.63, 3.8) is 0 Å². The lowest BCUT2D eigenvalue weighted by Crippen LogP contribution is -2.47. The van der Waals surface area contributed by atoms with Crippen molar-refractivity contribution in [1.29, 1.82) is 0 Å². The van der Waals surface area contributed by atoms with Crippen molar-refractivity contribution in [2.75, 3.05) is 12.3 Å². The standard InChI is InChI=1S/C15H23NO3S/c1-12(2)10-20(18,19)16-11-15(17)8-7-13-5-3-4-6-14(13)9-15/h3-6,12,16-17H,7-11H2,1-2H3. The van der Waals surface area contributed by atoms with E-state index < -0.39 is 15.6 Å². The van der Waals surface area contributed by atoms with Crippen molar-refractivity contribution in [3.05, 3.63) is 35.4 Å². The Labute approximate surface area is 121 Å².